The van der Waals surface area contributed by atoms with Crippen LogP contribution < -0.4 is 16.0 Å². The third-order valence-corrected chi connectivity index (χ3v) is 5.84. The maximum atomic E-state index is 13.3. The highest BCUT2D eigenvalue weighted by atomic mass is 19.1. The van der Waals surface area contributed by atoms with Crippen molar-refractivity contribution >= 4 is 23.3 Å². The smallest absolute Gasteiger partial charge is 0.319 e. The number of halogens is 1. The Morgan fingerprint density at radius 2 is 1.71 bits per heavy atom. The zero-order valence-electron chi connectivity index (χ0n) is 20.9. The van der Waals surface area contributed by atoms with Crippen molar-refractivity contribution in [3.8, 4) is 11.8 Å². The molecule has 0 aliphatic rings. The minimum Gasteiger partial charge on any atom is -0.338 e. The molecule has 0 bridgehead atoms. The summed E-state index contributed by atoms with van der Waals surface area (Å²) in [6.45, 7) is 2.28. The Kier molecular flexibility index (Phi) is 8.82. The molecule has 38 heavy (non-hydrogen) atoms. The Bertz CT molecular complexity index is 1450. The number of rotatable bonds is 7. The zero-order chi connectivity index (χ0) is 26.7. The first-order valence-corrected chi connectivity index (χ1v) is 12.2. The van der Waals surface area contributed by atoms with Crippen molar-refractivity contribution < 1.29 is 14.0 Å². The molecule has 190 valence electrons. The maximum Gasteiger partial charge on any atom is 0.319 e. The van der Waals surface area contributed by atoms with Crippen molar-refractivity contribution in [3.63, 3.8) is 0 Å². The molecule has 0 saturated carbocycles. The number of aromatic nitrogens is 1. The highest BCUT2D eigenvalue weighted by Crippen LogP contribution is 2.23. The lowest BCUT2D eigenvalue weighted by molar-refractivity contribution is -0.117. The van der Waals surface area contributed by atoms with Crippen LogP contribution in [-0.4, -0.2) is 23.5 Å². The summed E-state index contributed by atoms with van der Waals surface area (Å²) in [5, 5.41) is 8.58. The van der Waals surface area contributed by atoms with Gasteiger partial charge in [-0.25, -0.2) is 9.18 Å². The lowest BCUT2D eigenvalue weighted by Crippen LogP contribution is -2.30. The van der Waals surface area contributed by atoms with Gasteiger partial charge < -0.3 is 16.0 Å². The van der Waals surface area contributed by atoms with E-state index >= 15 is 0 Å². The first-order valence-electron chi connectivity index (χ1n) is 12.2. The second-order valence-corrected chi connectivity index (χ2v) is 8.63. The van der Waals surface area contributed by atoms with E-state index in [1.807, 2.05) is 49.4 Å². The van der Waals surface area contributed by atoms with Crippen LogP contribution in [0.4, 0.5) is 20.6 Å². The third kappa shape index (κ3) is 7.52. The van der Waals surface area contributed by atoms with Gasteiger partial charge in [-0.3, -0.25) is 9.78 Å². The average Bonchev–Trinajstić information content (AvgIpc) is 2.94. The molecule has 0 spiro atoms. The summed E-state index contributed by atoms with van der Waals surface area (Å²) >= 11 is 0. The van der Waals surface area contributed by atoms with Gasteiger partial charge in [-0.15, -0.1) is 0 Å². The molecule has 0 aliphatic heterocycles. The standard InChI is InChI=1S/C31H27FN4O2/c1-22(25-7-3-2-4-8-25)30(37)36-29-16-15-28(20-26(29)12-9-23-10-13-27(32)14-11-23)35-31(38)34-19-17-24-6-5-18-33-21-24/h2-8,10-11,13-16,18,20-22H,17,19H2,1H3,(H,36,37)(H2,34,35,38). The van der Waals surface area contributed by atoms with Gasteiger partial charge in [0, 0.05) is 30.2 Å². The summed E-state index contributed by atoms with van der Waals surface area (Å²) < 4.78 is 13.3. The van der Waals surface area contributed by atoms with Crippen LogP contribution in [0.1, 0.15) is 35.1 Å². The van der Waals surface area contributed by atoms with E-state index in [0.29, 0.717) is 35.5 Å². The molecule has 4 rings (SSSR count). The number of anilines is 2. The average molecular weight is 507 g/mol. The Labute approximate surface area is 221 Å². The topological polar surface area (TPSA) is 83.1 Å². The van der Waals surface area contributed by atoms with E-state index in [0.717, 1.165) is 11.1 Å². The number of nitrogens with one attached hydrogen (secondary N) is 3. The van der Waals surface area contributed by atoms with Crippen LogP contribution in [0.25, 0.3) is 0 Å². The fourth-order valence-electron chi connectivity index (χ4n) is 3.68. The molecule has 0 radical (unpaired) electrons. The molecule has 0 saturated heterocycles. The van der Waals surface area contributed by atoms with E-state index in [-0.39, 0.29) is 23.7 Å². The summed E-state index contributed by atoms with van der Waals surface area (Å²) in [7, 11) is 0. The monoisotopic (exact) mass is 506 g/mol. The van der Waals surface area contributed by atoms with Crippen LogP contribution in [0.15, 0.2) is 97.3 Å². The molecule has 1 heterocycles. The fraction of sp³-hybridized carbons (Fsp3) is 0.129. The van der Waals surface area contributed by atoms with Crippen LogP contribution in [-0.2, 0) is 11.2 Å². The Morgan fingerprint density at radius 1 is 0.921 bits per heavy atom. The Hall–Kier alpha value is -4.96. The lowest BCUT2D eigenvalue weighted by atomic mass is 10.00. The molecule has 1 unspecified atom stereocenters. The number of nitrogens with zero attached hydrogens (tertiary/aromatic N) is 1. The van der Waals surface area contributed by atoms with Crippen molar-refractivity contribution in [2.45, 2.75) is 19.3 Å². The van der Waals surface area contributed by atoms with Gasteiger partial charge in [0.15, 0.2) is 0 Å². The van der Waals surface area contributed by atoms with Gasteiger partial charge in [0.2, 0.25) is 5.91 Å². The van der Waals surface area contributed by atoms with Crippen molar-refractivity contribution in [3.05, 3.63) is 125 Å². The van der Waals surface area contributed by atoms with Crippen LogP contribution in [0, 0.1) is 17.7 Å². The fourth-order valence-corrected chi connectivity index (χ4v) is 3.68. The van der Waals surface area contributed by atoms with E-state index in [9.17, 15) is 14.0 Å². The van der Waals surface area contributed by atoms with Crippen molar-refractivity contribution in [1.29, 1.82) is 0 Å². The minimum absolute atomic E-state index is 0.185. The van der Waals surface area contributed by atoms with Gasteiger partial charge in [0.05, 0.1) is 17.2 Å². The highest BCUT2D eigenvalue weighted by Gasteiger charge is 2.16. The second-order valence-electron chi connectivity index (χ2n) is 8.63. The predicted octanol–water partition coefficient (Wildman–Crippen LogP) is 5.73. The summed E-state index contributed by atoms with van der Waals surface area (Å²) in [5.74, 6) is 5.13. The van der Waals surface area contributed by atoms with Crippen LogP contribution in [0.3, 0.4) is 0 Å². The summed E-state index contributed by atoms with van der Waals surface area (Å²) in [4.78, 5) is 29.5. The summed E-state index contributed by atoms with van der Waals surface area (Å²) in [6.07, 6.45) is 4.12. The molecule has 1 atom stereocenters. The molecule has 4 aromatic rings. The molecule has 3 aromatic carbocycles. The van der Waals surface area contributed by atoms with Gasteiger partial charge >= 0.3 is 6.03 Å². The number of urea groups is 1. The molecule has 3 N–H and O–H groups in total. The van der Waals surface area contributed by atoms with Gasteiger partial charge in [0.25, 0.3) is 0 Å². The number of carbonyl (C=O) groups excluding carboxylic acids is 2. The van der Waals surface area contributed by atoms with E-state index in [1.54, 1.807) is 42.7 Å². The van der Waals surface area contributed by atoms with Crippen molar-refractivity contribution in [1.82, 2.24) is 10.3 Å². The number of carbonyl (C=O) groups is 2. The van der Waals surface area contributed by atoms with E-state index in [1.165, 1.54) is 12.1 Å². The Morgan fingerprint density at radius 3 is 2.45 bits per heavy atom. The van der Waals surface area contributed by atoms with Crippen molar-refractivity contribution in [2.24, 2.45) is 0 Å². The number of benzene rings is 3. The van der Waals surface area contributed by atoms with Crippen LogP contribution in [0.2, 0.25) is 0 Å². The molecule has 0 fully saturated rings. The SMILES string of the molecule is CC(C(=O)Nc1ccc(NC(=O)NCCc2cccnc2)cc1C#Cc1ccc(F)cc1)c1ccccc1. The molecular weight excluding hydrogens is 479 g/mol. The largest absolute Gasteiger partial charge is 0.338 e. The molecule has 1 aromatic heterocycles. The van der Waals surface area contributed by atoms with Gasteiger partial charge in [0.1, 0.15) is 5.82 Å². The summed E-state index contributed by atoms with van der Waals surface area (Å²) in [6, 6.07) is 23.9. The molecule has 3 amide bonds. The normalized spacial score (nSPS) is 11.0. The molecule has 0 aliphatic carbocycles. The van der Waals surface area contributed by atoms with Crippen LogP contribution in [0.5, 0.6) is 0 Å². The first-order chi connectivity index (χ1) is 18.5. The Balaban J connectivity index is 1.50. The number of hydrogen-bond acceptors (Lipinski definition) is 3. The van der Waals surface area contributed by atoms with E-state index < -0.39 is 0 Å². The number of hydrogen-bond donors (Lipinski definition) is 3. The first kappa shape index (κ1) is 26.1. The number of pyridine rings is 1. The van der Waals surface area contributed by atoms with E-state index in [4.69, 9.17) is 0 Å². The second kappa shape index (κ2) is 12.8. The molecular formula is C31H27FN4O2. The van der Waals surface area contributed by atoms with Gasteiger partial charge in [-0.1, -0.05) is 48.2 Å². The third-order valence-electron chi connectivity index (χ3n) is 5.84. The molecule has 7 heteroatoms. The van der Waals surface area contributed by atoms with Gasteiger partial charge in [-0.2, -0.15) is 0 Å². The minimum atomic E-state index is -0.377. The number of amides is 3. The van der Waals surface area contributed by atoms with E-state index in [2.05, 4.69) is 32.8 Å². The summed E-state index contributed by atoms with van der Waals surface area (Å²) in [5.41, 5.74) is 4.07. The zero-order valence-corrected chi connectivity index (χ0v) is 20.9. The van der Waals surface area contributed by atoms with Gasteiger partial charge in [-0.05, 0) is 73.0 Å². The molecule has 6 nitrogen and oxygen atoms in total. The van der Waals surface area contributed by atoms with Crippen molar-refractivity contribution in [2.75, 3.05) is 17.2 Å². The predicted molar refractivity (Wildman–Crippen MR) is 147 cm³/mol. The quantitative estimate of drug-likeness (QED) is 0.280. The van der Waals surface area contributed by atoms with Crippen LogP contribution >= 0.6 is 0 Å². The maximum absolute atomic E-state index is 13.3. The lowest BCUT2D eigenvalue weighted by Gasteiger charge is -2.15. The highest BCUT2D eigenvalue weighted by molar-refractivity contribution is 5.97.